The van der Waals surface area contributed by atoms with Gasteiger partial charge in [-0.05, 0) is 18.6 Å². The molecule has 0 fully saturated rings. The van der Waals surface area contributed by atoms with Gasteiger partial charge in [-0.1, -0.05) is 6.92 Å². The van der Waals surface area contributed by atoms with Crippen LogP contribution in [-0.4, -0.2) is 18.4 Å². The highest BCUT2D eigenvalue weighted by atomic mass is 32.2. The minimum absolute atomic E-state index is 0.228. The highest BCUT2D eigenvalue weighted by Gasteiger charge is 2.17. The summed E-state index contributed by atoms with van der Waals surface area (Å²) in [6.45, 7) is 1.99. The Kier molecular flexibility index (Phi) is 2.97. The van der Waals surface area contributed by atoms with Gasteiger partial charge in [-0.15, -0.1) is 11.3 Å². The number of H-pyrrole nitrogens is 1. The number of thiophene rings is 1. The fraction of sp³-hybridized carbons (Fsp3) is 0.222. The van der Waals surface area contributed by atoms with Crippen molar-refractivity contribution in [2.24, 2.45) is 0 Å². The molecule has 2 aromatic heterocycles. The summed E-state index contributed by atoms with van der Waals surface area (Å²) in [5, 5.41) is 0. The van der Waals surface area contributed by atoms with Gasteiger partial charge in [0.05, 0.1) is 0 Å². The maximum atomic E-state index is 11.9. The Morgan fingerprint density at radius 2 is 2.31 bits per heavy atom. The van der Waals surface area contributed by atoms with E-state index in [0.717, 1.165) is 11.3 Å². The molecule has 7 heteroatoms. The van der Waals surface area contributed by atoms with Crippen molar-refractivity contribution in [3.05, 3.63) is 29.4 Å². The highest BCUT2D eigenvalue weighted by Crippen LogP contribution is 2.23. The third kappa shape index (κ3) is 2.25. The van der Waals surface area contributed by atoms with Crippen molar-refractivity contribution in [3.63, 3.8) is 0 Å². The Hall–Kier alpha value is -1.34. The first kappa shape index (κ1) is 11.2. The first-order valence-electron chi connectivity index (χ1n) is 4.72. The molecule has 0 aliphatic heterocycles. The van der Waals surface area contributed by atoms with Crippen LogP contribution in [0.2, 0.25) is 0 Å². The van der Waals surface area contributed by atoms with Crippen molar-refractivity contribution in [2.75, 3.05) is 4.72 Å². The van der Waals surface area contributed by atoms with E-state index in [9.17, 15) is 8.42 Å². The monoisotopic (exact) mass is 257 g/mol. The van der Waals surface area contributed by atoms with Crippen LogP contribution < -0.4 is 4.72 Å². The average molecular weight is 257 g/mol. The van der Waals surface area contributed by atoms with Crippen LogP contribution in [0.25, 0.3) is 0 Å². The predicted octanol–water partition coefficient (Wildman–Crippen LogP) is 1.83. The molecule has 0 amide bonds. The van der Waals surface area contributed by atoms with Gasteiger partial charge in [0.25, 0.3) is 10.0 Å². The lowest BCUT2D eigenvalue weighted by molar-refractivity contribution is 0.603. The van der Waals surface area contributed by atoms with Gasteiger partial charge in [-0.3, -0.25) is 0 Å². The first-order valence-corrected chi connectivity index (χ1v) is 7.02. The zero-order valence-corrected chi connectivity index (χ0v) is 10.2. The molecule has 2 N–H and O–H groups in total. The van der Waals surface area contributed by atoms with E-state index in [-0.39, 0.29) is 5.95 Å². The van der Waals surface area contributed by atoms with E-state index in [1.54, 1.807) is 12.3 Å². The lowest BCUT2D eigenvalue weighted by Gasteiger charge is -2.01. The molecule has 0 atom stereocenters. The van der Waals surface area contributed by atoms with Crippen LogP contribution in [0.5, 0.6) is 0 Å². The fourth-order valence-electron chi connectivity index (χ4n) is 1.19. The summed E-state index contributed by atoms with van der Waals surface area (Å²) in [5.74, 6) is 0.228. The number of aromatic nitrogens is 2. The van der Waals surface area contributed by atoms with Crippen LogP contribution >= 0.6 is 11.3 Å². The van der Waals surface area contributed by atoms with Crippen molar-refractivity contribution in [3.8, 4) is 0 Å². The Labute approximate surface area is 97.6 Å². The largest absolute Gasteiger partial charge is 0.330 e. The average Bonchev–Trinajstić information content (AvgIpc) is 2.85. The van der Waals surface area contributed by atoms with E-state index in [1.165, 1.54) is 17.5 Å². The second-order valence-electron chi connectivity index (χ2n) is 3.12. The van der Waals surface area contributed by atoms with Crippen LogP contribution in [-0.2, 0) is 16.4 Å². The van der Waals surface area contributed by atoms with Crippen molar-refractivity contribution in [1.82, 2.24) is 9.97 Å². The van der Waals surface area contributed by atoms with Crippen LogP contribution in [0.4, 0.5) is 5.95 Å². The van der Waals surface area contributed by atoms with Gasteiger partial charge in [-0.25, -0.2) is 18.1 Å². The maximum absolute atomic E-state index is 11.9. The number of hydrogen-bond acceptors (Lipinski definition) is 4. The fourth-order valence-corrected chi connectivity index (χ4v) is 3.47. The minimum Gasteiger partial charge on any atom is -0.330 e. The van der Waals surface area contributed by atoms with Crippen LogP contribution in [0.15, 0.2) is 28.7 Å². The topological polar surface area (TPSA) is 74.8 Å². The number of sulfonamides is 1. The lowest BCUT2D eigenvalue weighted by Crippen LogP contribution is -2.12. The second kappa shape index (κ2) is 4.26. The van der Waals surface area contributed by atoms with Crippen molar-refractivity contribution >= 4 is 27.3 Å². The first-order chi connectivity index (χ1) is 7.62. The Bertz CT molecular complexity index is 557. The van der Waals surface area contributed by atoms with Crippen molar-refractivity contribution in [2.45, 2.75) is 17.6 Å². The molecule has 0 radical (unpaired) electrons. The predicted molar refractivity (Wildman–Crippen MR) is 63.1 cm³/mol. The summed E-state index contributed by atoms with van der Waals surface area (Å²) in [6.07, 6.45) is 3.88. The number of rotatable bonds is 4. The molecule has 2 rings (SSSR count). The summed E-state index contributed by atoms with van der Waals surface area (Å²) in [7, 11) is -3.50. The van der Waals surface area contributed by atoms with Crippen molar-refractivity contribution in [1.29, 1.82) is 0 Å². The lowest BCUT2D eigenvalue weighted by atomic mass is 10.4. The summed E-state index contributed by atoms with van der Waals surface area (Å²) in [6, 6.07) is 3.43. The molecule has 0 spiro atoms. The molecule has 0 aliphatic rings. The Balaban J connectivity index is 2.25. The van der Waals surface area contributed by atoms with Crippen molar-refractivity contribution < 1.29 is 8.42 Å². The van der Waals surface area contributed by atoms with Gasteiger partial charge >= 0.3 is 0 Å². The van der Waals surface area contributed by atoms with E-state index in [2.05, 4.69) is 14.7 Å². The number of anilines is 1. The van der Waals surface area contributed by atoms with Gasteiger partial charge in [-0.2, -0.15) is 0 Å². The summed E-state index contributed by atoms with van der Waals surface area (Å²) in [5.41, 5.74) is 0. The number of imidazole rings is 1. The zero-order chi connectivity index (χ0) is 11.6. The molecule has 16 heavy (non-hydrogen) atoms. The van der Waals surface area contributed by atoms with Crippen LogP contribution in [0.3, 0.4) is 0 Å². The summed E-state index contributed by atoms with van der Waals surface area (Å²) in [4.78, 5) is 7.54. The van der Waals surface area contributed by atoms with Gasteiger partial charge < -0.3 is 4.98 Å². The minimum atomic E-state index is -3.50. The third-order valence-electron chi connectivity index (χ3n) is 1.98. The van der Waals surface area contributed by atoms with Gasteiger partial charge in [0.15, 0.2) is 0 Å². The molecule has 5 nitrogen and oxygen atoms in total. The molecule has 2 heterocycles. The van der Waals surface area contributed by atoms with E-state index in [1.807, 2.05) is 13.0 Å². The maximum Gasteiger partial charge on any atom is 0.273 e. The molecule has 0 saturated heterocycles. The Morgan fingerprint density at radius 3 is 2.88 bits per heavy atom. The number of aromatic amines is 1. The van der Waals surface area contributed by atoms with Gasteiger partial charge in [0.2, 0.25) is 5.95 Å². The third-order valence-corrected chi connectivity index (χ3v) is 5.04. The molecule has 0 saturated carbocycles. The molecule has 0 aliphatic carbocycles. The molecule has 2 aromatic rings. The molecular weight excluding hydrogens is 246 g/mol. The quantitative estimate of drug-likeness (QED) is 0.877. The molecule has 0 bridgehead atoms. The SMILES string of the molecule is CCc1ccc(S(=O)(=O)Nc2ncc[nH]2)s1. The second-order valence-corrected chi connectivity index (χ2v) is 6.20. The highest BCUT2D eigenvalue weighted by molar-refractivity contribution is 7.94. The smallest absolute Gasteiger partial charge is 0.273 e. The standard InChI is InChI=1S/C9H11N3O2S2/c1-2-7-3-4-8(15-7)16(13,14)12-9-10-5-6-11-9/h3-6H,2H2,1H3,(H2,10,11,12). The number of hydrogen-bond donors (Lipinski definition) is 2. The molecule has 0 unspecified atom stereocenters. The molecule has 86 valence electrons. The van der Waals surface area contributed by atoms with E-state index in [0.29, 0.717) is 4.21 Å². The number of nitrogens with zero attached hydrogens (tertiary/aromatic N) is 1. The zero-order valence-electron chi connectivity index (χ0n) is 8.60. The van der Waals surface area contributed by atoms with Gasteiger partial charge in [0.1, 0.15) is 4.21 Å². The normalized spacial score (nSPS) is 11.6. The van der Waals surface area contributed by atoms with Crippen LogP contribution in [0.1, 0.15) is 11.8 Å². The van der Waals surface area contributed by atoms with Gasteiger partial charge in [0, 0.05) is 17.3 Å². The molecular formula is C9H11N3O2S2. The van der Waals surface area contributed by atoms with E-state index < -0.39 is 10.0 Å². The van der Waals surface area contributed by atoms with E-state index in [4.69, 9.17) is 0 Å². The Morgan fingerprint density at radius 1 is 1.50 bits per heavy atom. The number of nitrogens with one attached hydrogen (secondary N) is 2. The summed E-state index contributed by atoms with van der Waals surface area (Å²) >= 11 is 1.27. The molecule has 0 aromatic carbocycles. The number of aryl methyl sites for hydroxylation is 1. The van der Waals surface area contributed by atoms with E-state index >= 15 is 0 Å². The summed E-state index contributed by atoms with van der Waals surface area (Å²) < 4.78 is 26.4. The van der Waals surface area contributed by atoms with Crippen LogP contribution in [0, 0.1) is 0 Å².